The normalized spacial score (nSPS) is 18.3. The van der Waals surface area contributed by atoms with Gasteiger partial charge in [0.25, 0.3) is 0 Å². The lowest BCUT2D eigenvalue weighted by molar-refractivity contribution is 0.122. The van der Waals surface area contributed by atoms with Crippen molar-refractivity contribution in [2.75, 3.05) is 57.4 Å². The molecular formula is C26H30N4O3S. The molecule has 0 radical (unpaired) electrons. The zero-order valence-electron chi connectivity index (χ0n) is 19.2. The molecule has 0 aliphatic carbocycles. The molecule has 2 fully saturated rings. The Morgan fingerprint density at radius 2 is 1.32 bits per heavy atom. The topological polar surface area (TPSA) is 66.0 Å². The van der Waals surface area contributed by atoms with Gasteiger partial charge in [-0.1, -0.05) is 60.7 Å². The standard InChI is InChI=1S/C26H30N4O3S/c31-34(32,24-11-12-25(27-21-24)28-17-19-33-20-18-28)30-15-13-29(14-16-30)26(22-7-3-1-4-8-22)23-9-5-2-6-10-23/h1-12,21,26H,13-20H2. The number of sulfonamides is 1. The summed E-state index contributed by atoms with van der Waals surface area (Å²) in [5, 5.41) is 0. The fourth-order valence-electron chi connectivity index (χ4n) is 4.74. The van der Waals surface area contributed by atoms with Crippen LogP contribution < -0.4 is 4.90 Å². The molecule has 3 aromatic rings. The number of rotatable bonds is 6. The number of nitrogens with zero attached hydrogens (tertiary/aromatic N) is 4. The van der Waals surface area contributed by atoms with E-state index in [9.17, 15) is 8.42 Å². The maximum atomic E-state index is 13.3. The summed E-state index contributed by atoms with van der Waals surface area (Å²) in [4.78, 5) is 9.18. The number of benzene rings is 2. The van der Waals surface area contributed by atoms with Crippen LogP contribution in [0.5, 0.6) is 0 Å². The number of ether oxygens (including phenoxy) is 1. The highest BCUT2D eigenvalue weighted by Crippen LogP contribution is 2.30. The van der Waals surface area contributed by atoms with Gasteiger partial charge in [-0.05, 0) is 23.3 Å². The van der Waals surface area contributed by atoms with E-state index in [-0.39, 0.29) is 10.9 Å². The van der Waals surface area contributed by atoms with E-state index >= 15 is 0 Å². The quantitative estimate of drug-likeness (QED) is 0.543. The van der Waals surface area contributed by atoms with E-state index in [1.807, 2.05) is 12.1 Å². The molecule has 8 heteroatoms. The average Bonchev–Trinajstić information content (AvgIpc) is 2.91. The first-order chi connectivity index (χ1) is 16.6. The van der Waals surface area contributed by atoms with E-state index < -0.39 is 10.0 Å². The van der Waals surface area contributed by atoms with Crippen LogP contribution in [0, 0.1) is 0 Å². The molecule has 3 heterocycles. The maximum absolute atomic E-state index is 13.3. The van der Waals surface area contributed by atoms with Gasteiger partial charge in [-0.2, -0.15) is 4.31 Å². The predicted molar refractivity (Wildman–Crippen MR) is 132 cm³/mol. The fourth-order valence-corrected chi connectivity index (χ4v) is 6.11. The highest BCUT2D eigenvalue weighted by molar-refractivity contribution is 7.89. The van der Waals surface area contributed by atoms with Gasteiger partial charge in [0, 0.05) is 45.5 Å². The summed E-state index contributed by atoms with van der Waals surface area (Å²) in [5.41, 5.74) is 2.43. The molecule has 0 spiro atoms. The molecule has 0 amide bonds. The van der Waals surface area contributed by atoms with Gasteiger partial charge in [-0.3, -0.25) is 4.90 Å². The first-order valence-electron chi connectivity index (χ1n) is 11.8. The van der Waals surface area contributed by atoms with Crippen LogP contribution in [0.2, 0.25) is 0 Å². The lowest BCUT2D eigenvalue weighted by Gasteiger charge is -2.39. The van der Waals surface area contributed by atoms with Gasteiger partial charge in [-0.15, -0.1) is 0 Å². The molecule has 2 aliphatic rings. The summed E-state index contributed by atoms with van der Waals surface area (Å²) in [6.45, 7) is 5.08. The number of hydrogen-bond acceptors (Lipinski definition) is 6. The summed E-state index contributed by atoms with van der Waals surface area (Å²) in [6.07, 6.45) is 1.49. The molecule has 0 atom stereocenters. The van der Waals surface area contributed by atoms with Gasteiger partial charge in [0.05, 0.1) is 19.3 Å². The van der Waals surface area contributed by atoms with Crippen molar-refractivity contribution >= 4 is 15.8 Å². The molecule has 2 aliphatic heterocycles. The Labute approximate surface area is 201 Å². The van der Waals surface area contributed by atoms with Crippen molar-refractivity contribution in [1.29, 1.82) is 0 Å². The number of pyridine rings is 1. The first-order valence-corrected chi connectivity index (χ1v) is 13.2. The van der Waals surface area contributed by atoms with Crippen LogP contribution >= 0.6 is 0 Å². The van der Waals surface area contributed by atoms with Crippen molar-refractivity contribution in [1.82, 2.24) is 14.2 Å². The van der Waals surface area contributed by atoms with Crippen molar-refractivity contribution in [2.45, 2.75) is 10.9 Å². The minimum Gasteiger partial charge on any atom is -0.378 e. The molecule has 0 saturated carbocycles. The SMILES string of the molecule is O=S(=O)(c1ccc(N2CCOCC2)nc1)N1CCN(C(c2ccccc2)c2ccccc2)CC1. The summed E-state index contributed by atoms with van der Waals surface area (Å²) >= 11 is 0. The van der Waals surface area contributed by atoms with E-state index in [2.05, 4.69) is 63.3 Å². The Bertz CT molecular complexity index is 1120. The van der Waals surface area contributed by atoms with E-state index in [0.29, 0.717) is 39.4 Å². The largest absolute Gasteiger partial charge is 0.378 e. The van der Waals surface area contributed by atoms with Gasteiger partial charge in [0.2, 0.25) is 10.0 Å². The van der Waals surface area contributed by atoms with Crippen LogP contribution in [0.3, 0.4) is 0 Å². The highest BCUT2D eigenvalue weighted by Gasteiger charge is 2.32. The minimum absolute atomic E-state index is 0.0988. The van der Waals surface area contributed by atoms with Crippen LogP contribution in [-0.2, 0) is 14.8 Å². The van der Waals surface area contributed by atoms with Crippen LogP contribution in [0.4, 0.5) is 5.82 Å². The van der Waals surface area contributed by atoms with Crippen LogP contribution in [0.25, 0.3) is 0 Å². The van der Waals surface area contributed by atoms with Gasteiger partial charge < -0.3 is 9.64 Å². The lowest BCUT2D eigenvalue weighted by Crippen LogP contribution is -2.49. The third kappa shape index (κ3) is 4.86. The van der Waals surface area contributed by atoms with Gasteiger partial charge in [-0.25, -0.2) is 13.4 Å². The van der Waals surface area contributed by atoms with Crippen molar-refractivity contribution in [2.24, 2.45) is 0 Å². The molecule has 2 aromatic carbocycles. The third-order valence-corrected chi connectivity index (χ3v) is 8.44. The second kappa shape index (κ2) is 10.2. The summed E-state index contributed by atoms with van der Waals surface area (Å²) in [7, 11) is -3.59. The Morgan fingerprint density at radius 1 is 0.735 bits per heavy atom. The average molecular weight is 479 g/mol. The summed E-state index contributed by atoms with van der Waals surface area (Å²) in [5.74, 6) is 0.792. The molecule has 5 rings (SSSR count). The van der Waals surface area contributed by atoms with E-state index in [4.69, 9.17) is 4.74 Å². The van der Waals surface area contributed by atoms with Crippen molar-refractivity contribution in [3.63, 3.8) is 0 Å². The fraction of sp³-hybridized carbons (Fsp3) is 0.346. The number of piperazine rings is 1. The number of morpholine rings is 1. The zero-order chi connectivity index (χ0) is 23.4. The molecule has 34 heavy (non-hydrogen) atoms. The Balaban J connectivity index is 1.30. The number of aromatic nitrogens is 1. The number of hydrogen-bond donors (Lipinski definition) is 0. The van der Waals surface area contributed by atoms with E-state index in [1.165, 1.54) is 17.3 Å². The van der Waals surface area contributed by atoms with Crippen molar-refractivity contribution in [3.8, 4) is 0 Å². The molecule has 178 valence electrons. The Kier molecular flexibility index (Phi) is 6.92. The minimum atomic E-state index is -3.59. The molecular weight excluding hydrogens is 448 g/mol. The molecule has 7 nitrogen and oxygen atoms in total. The van der Waals surface area contributed by atoms with Crippen molar-refractivity contribution in [3.05, 3.63) is 90.1 Å². The summed E-state index contributed by atoms with van der Waals surface area (Å²) < 4.78 is 33.6. The molecule has 2 saturated heterocycles. The predicted octanol–water partition coefficient (Wildman–Crippen LogP) is 3.01. The molecule has 0 N–H and O–H groups in total. The van der Waals surface area contributed by atoms with E-state index in [0.717, 1.165) is 18.9 Å². The van der Waals surface area contributed by atoms with Gasteiger partial charge in [0.1, 0.15) is 10.7 Å². The Morgan fingerprint density at radius 3 is 1.85 bits per heavy atom. The first kappa shape index (κ1) is 23.0. The lowest BCUT2D eigenvalue weighted by atomic mass is 9.96. The van der Waals surface area contributed by atoms with Gasteiger partial charge in [0.15, 0.2) is 0 Å². The van der Waals surface area contributed by atoms with Crippen LogP contribution in [0.15, 0.2) is 83.9 Å². The monoisotopic (exact) mass is 478 g/mol. The molecule has 1 aromatic heterocycles. The maximum Gasteiger partial charge on any atom is 0.244 e. The number of anilines is 1. The van der Waals surface area contributed by atoms with E-state index in [1.54, 1.807) is 16.4 Å². The molecule has 0 unspecified atom stereocenters. The Hall–Kier alpha value is -2.78. The third-order valence-electron chi connectivity index (χ3n) is 6.56. The second-order valence-corrected chi connectivity index (χ2v) is 10.6. The zero-order valence-corrected chi connectivity index (χ0v) is 20.0. The van der Waals surface area contributed by atoms with Crippen molar-refractivity contribution < 1.29 is 13.2 Å². The van der Waals surface area contributed by atoms with Crippen LogP contribution in [0.1, 0.15) is 17.2 Å². The van der Waals surface area contributed by atoms with Gasteiger partial charge >= 0.3 is 0 Å². The summed E-state index contributed by atoms with van der Waals surface area (Å²) in [6, 6.07) is 24.4. The van der Waals surface area contributed by atoms with Crippen LogP contribution in [-0.4, -0.2) is 75.1 Å². The highest BCUT2D eigenvalue weighted by atomic mass is 32.2. The smallest absolute Gasteiger partial charge is 0.244 e. The molecule has 0 bridgehead atoms. The second-order valence-electron chi connectivity index (χ2n) is 8.62.